The highest BCUT2D eigenvalue weighted by molar-refractivity contribution is 5.86. The fourth-order valence-electron chi connectivity index (χ4n) is 5.66. The van der Waals surface area contributed by atoms with E-state index in [1.165, 1.54) is 27.7 Å². The highest BCUT2D eigenvalue weighted by atomic mass is 16.5. The zero-order valence-corrected chi connectivity index (χ0v) is 28.5. The Labute approximate surface area is 282 Å². The Hall–Kier alpha value is -4.74. The van der Waals surface area contributed by atoms with E-state index < -0.39 is 17.9 Å². The van der Waals surface area contributed by atoms with Crippen molar-refractivity contribution in [3.8, 4) is 11.5 Å². The number of benzene rings is 2. The van der Waals surface area contributed by atoms with Crippen LogP contribution in [0.3, 0.4) is 0 Å². The highest BCUT2D eigenvalue weighted by Gasteiger charge is 2.30. The van der Waals surface area contributed by atoms with Crippen LogP contribution in [0.5, 0.6) is 11.5 Å². The topological polar surface area (TPSA) is 151 Å². The number of ether oxygens (including phenoxy) is 2. The van der Waals surface area contributed by atoms with Crippen LogP contribution in [0.2, 0.25) is 0 Å². The van der Waals surface area contributed by atoms with E-state index in [0.717, 1.165) is 11.1 Å². The van der Waals surface area contributed by atoms with E-state index in [-0.39, 0.29) is 42.2 Å². The summed E-state index contributed by atoms with van der Waals surface area (Å²) < 4.78 is 10.8. The van der Waals surface area contributed by atoms with Gasteiger partial charge in [0.15, 0.2) is 0 Å². The van der Waals surface area contributed by atoms with Gasteiger partial charge >= 0.3 is 11.9 Å². The molecule has 1 aliphatic heterocycles. The van der Waals surface area contributed by atoms with Crippen molar-refractivity contribution in [1.82, 2.24) is 20.4 Å². The summed E-state index contributed by atoms with van der Waals surface area (Å²) in [7, 11) is 0. The molecular weight excluding hydrogens is 616 g/mol. The van der Waals surface area contributed by atoms with Gasteiger partial charge in [0.25, 0.3) is 0 Å². The Morgan fingerprint density at radius 3 is 2.27 bits per heavy atom. The van der Waals surface area contributed by atoms with Crippen LogP contribution in [0.1, 0.15) is 82.4 Å². The SMILES string of the molecule is CC(=O)NCCCN(CCCCN1CCCNC(=O)CCc2ccc(OC(C)=O)c(c2)C(Cc2ccc(OC(C)=O)cc2)C1=O)C(C)=O. The minimum Gasteiger partial charge on any atom is -0.427 e. The van der Waals surface area contributed by atoms with Gasteiger partial charge in [-0.2, -0.15) is 0 Å². The minimum atomic E-state index is -0.717. The third kappa shape index (κ3) is 12.8. The van der Waals surface area contributed by atoms with Gasteiger partial charge in [0, 0.05) is 78.9 Å². The van der Waals surface area contributed by atoms with Crippen LogP contribution >= 0.6 is 0 Å². The van der Waals surface area contributed by atoms with Gasteiger partial charge in [-0.1, -0.05) is 24.3 Å². The van der Waals surface area contributed by atoms with Gasteiger partial charge in [-0.05, 0) is 67.9 Å². The first kappa shape index (κ1) is 37.7. The molecule has 0 aromatic heterocycles. The summed E-state index contributed by atoms with van der Waals surface area (Å²) in [6.07, 6.45) is 3.52. The number of amides is 4. The van der Waals surface area contributed by atoms with Crippen LogP contribution < -0.4 is 20.1 Å². The Bertz CT molecular complexity index is 1440. The van der Waals surface area contributed by atoms with Crippen LogP contribution in [0, 0.1) is 0 Å². The van der Waals surface area contributed by atoms with Crippen LogP contribution in [0.15, 0.2) is 42.5 Å². The lowest BCUT2D eigenvalue weighted by Crippen LogP contribution is -2.39. The molecular formula is C36H48N4O8. The van der Waals surface area contributed by atoms with Crippen LogP contribution in [0.4, 0.5) is 0 Å². The van der Waals surface area contributed by atoms with Gasteiger partial charge in [-0.15, -0.1) is 0 Å². The third-order valence-corrected chi connectivity index (χ3v) is 8.04. The maximum absolute atomic E-state index is 14.6. The first-order valence-corrected chi connectivity index (χ1v) is 16.6. The van der Waals surface area contributed by atoms with E-state index in [0.29, 0.717) is 82.7 Å². The van der Waals surface area contributed by atoms with Crippen molar-refractivity contribution < 1.29 is 38.2 Å². The number of carbonyl (C=O) groups excluding carboxylic acids is 6. The normalized spacial score (nSPS) is 15.2. The zero-order chi connectivity index (χ0) is 35.1. The van der Waals surface area contributed by atoms with Crippen molar-refractivity contribution in [2.75, 3.05) is 39.3 Å². The molecule has 0 saturated heterocycles. The van der Waals surface area contributed by atoms with Crippen molar-refractivity contribution in [2.45, 2.75) is 78.6 Å². The standard InChI is InChI=1S/C36H48N4O8/c1-25(41)37-17-7-21-39(26(2)42)19-5-6-20-40-22-8-18-38-35(45)16-12-30-11-15-34(48-28(4)44)32(23-30)33(36(40)46)24-29-9-13-31(14-10-29)47-27(3)43/h9-11,13-15,23,33H,5-8,12,16-22,24H2,1-4H3,(H,37,41)(H,38,45). The molecule has 0 aliphatic carbocycles. The van der Waals surface area contributed by atoms with E-state index in [1.807, 2.05) is 6.07 Å². The number of carbonyl (C=O) groups is 6. The second-order valence-electron chi connectivity index (χ2n) is 12.0. The number of nitrogens with zero attached hydrogens (tertiary/aromatic N) is 2. The van der Waals surface area contributed by atoms with Crippen LogP contribution in [0.25, 0.3) is 0 Å². The van der Waals surface area contributed by atoms with E-state index in [4.69, 9.17) is 9.47 Å². The maximum atomic E-state index is 14.6. The van der Waals surface area contributed by atoms with Gasteiger partial charge in [-0.25, -0.2) is 0 Å². The molecule has 48 heavy (non-hydrogen) atoms. The minimum absolute atomic E-state index is 0.0512. The molecule has 2 aromatic rings. The number of hydrogen-bond acceptors (Lipinski definition) is 8. The van der Waals surface area contributed by atoms with Gasteiger partial charge in [-0.3, -0.25) is 28.8 Å². The summed E-state index contributed by atoms with van der Waals surface area (Å²) in [6.45, 7) is 8.39. The average molecular weight is 665 g/mol. The van der Waals surface area contributed by atoms with Gasteiger partial charge in [0.1, 0.15) is 11.5 Å². The summed E-state index contributed by atoms with van der Waals surface area (Å²) in [4.78, 5) is 77.6. The number of unbranched alkanes of at least 4 members (excludes halogenated alkanes) is 1. The van der Waals surface area contributed by atoms with Crippen molar-refractivity contribution in [3.05, 3.63) is 59.2 Å². The number of nitrogens with one attached hydrogen (secondary N) is 2. The molecule has 1 aliphatic rings. The van der Waals surface area contributed by atoms with E-state index in [1.54, 1.807) is 46.2 Å². The Kier molecular flexibility index (Phi) is 15.1. The quantitative estimate of drug-likeness (QED) is 0.188. The number of hydrogen-bond donors (Lipinski definition) is 2. The van der Waals surface area contributed by atoms with Crippen molar-refractivity contribution >= 4 is 35.6 Å². The largest absolute Gasteiger partial charge is 0.427 e. The number of fused-ring (bicyclic) bond motifs is 2. The van der Waals surface area contributed by atoms with E-state index >= 15 is 0 Å². The van der Waals surface area contributed by atoms with Crippen LogP contribution in [-0.2, 0) is 41.6 Å². The highest BCUT2D eigenvalue weighted by Crippen LogP contribution is 2.34. The fraction of sp³-hybridized carbons (Fsp3) is 0.500. The second-order valence-corrected chi connectivity index (χ2v) is 12.0. The molecule has 0 fully saturated rings. The first-order valence-electron chi connectivity index (χ1n) is 16.6. The predicted octanol–water partition coefficient (Wildman–Crippen LogP) is 3.30. The van der Waals surface area contributed by atoms with Gasteiger partial charge < -0.3 is 29.9 Å². The first-order chi connectivity index (χ1) is 22.9. The number of aryl methyl sites for hydroxylation is 1. The lowest BCUT2D eigenvalue weighted by atomic mass is 9.88. The van der Waals surface area contributed by atoms with Gasteiger partial charge in [0.05, 0.1) is 5.92 Å². The van der Waals surface area contributed by atoms with Crippen molar-refractivity contribution in [3.63, 3.8) is 0 Å². The smallest absolute Gasteiger partial charge is 0.308 e. The van der Waals surface area contributed by atoms with Crippen LogP contribution in [-0.4, -0.2) is 84.6 Å². The Morgan fingerprint density at radius 2 is 1.60 bits per heavy atom. The van der Waals surface area contributed by atoms with Gasteiger partial charge in [0.2, 0.25) is 23.6 Å². The molecule has 1 unspecified atom stereocenters. The van der Waals surface area contributed by atoms with Crippen molar-refractivity contribution in [1.29, 1.82) is 0 Å². The molecule has 2 bridgehead atoms. The van der Waals surface area contributed by atoms with E-state index in [9.17, 15) is 28.8 Å². The fourth-order valence-corrected chi connectivity index (χ4v) is 5.66. The summed E-state index contributed by atoms with van der Waals surface area (Å²) in [5, 5.41) is 5.69. The molecule has 4 amide bonds. The zero-order valence-electron chi connectivity index (χ0n) is 28.5. The molecule has 0 spiro atoms. The Balaban J connectivity index is 1.89. The van der Waals surface area contributed by atoms with Crippen molar-refractivity contribution in [2.24, 2.45) is 0 Å². The average Bonchev–Trinajstić information content (AvgIpc) is 3.03. The third-order valence-electron chi connectivity index (χ3n) is 8.04. The molecule has 1 atom stereocenters. The molecule has 0 saturated carbocycles. The Morgan fingerprint density at radius 1 is 0.896 bits per heavy atom. The number of rotatable bonds is 13. The molecule has 12 heteroatoms. The molecule has 12 nitrogen and oxygen atoms in total. The molecule has 1 heterocycles. The molecule has 2 aromatic carbocycles. The summed E-state index contributed by atoms with van der Waals surface area (Å²) >= 11 is 0. The summed E-state index contributed by atoms with van der Waals surface area (Å²) in [5.74, 6) is -1.37. The van der Waals surface area contributed by atoms with E-state index in [2.05, 4.69) is 10.6 Å². The lowest BCUT2D eigenvalue weighted by molar-refractivity contribution is -0.134. The maximum Gasteiger partial charge on any atom is 0.308 e. The number of esters is 2. The molecule has 260 valence electrons. The second kappa shape index (κ2) is 19.2. The summed E-state index contributed by atoms with van der Waals surface area (Å²) in [6, 6.07) is 12.3. The molecule has 0 radical (unpaired) electrons. The predicted molar refractivity (Wildman–Crippen MR) is 179 cm³/mol. The molecule has 2 N–H and O–H groups in total. The lowest BCUT2D eigenvalue weighted by Gasteiger charge is -2.29. The molecule has 3 rings (SSSR count). The monoisotopic (exact) mass is 664 g/mol. The summed E-state index contributed by atoms with van der Waals surface area (Å²) in [5.41, 5.74) is 2.22.